The Morgan fingerprint density at radius 3 is 2.94 bits per heavy atom. The van der Waals surface area contributed by atoms with Crippen LogP contribution < -0.4 is 10.1 Å². The number of methoxy groups -OCH3 is 1. The Bertz CT molecular complexity index is 452. The fraction of sp³-hybridized carbons (Fsp3) is 0.385. The average Bonchev–Trinajstić information content (AvgIpc) is 2.38. The first-order valence-corrected chi connectivity index (χ1v) is 5.64. The Hall–Kier alpha value is -2.06. The molecular formula is C13H16N2O3. The van der Waals surface area contributed by atoms with Crippen molar-refractivity contribution < 1.29 is 9.66 Å². The summed E-state index contributed by atoms with van der Waals surface area (Å²) in [6.07, 6.45) is 6.77. The Morgan fingerprint density at radius 2 is 2.33 bits per heavy atom. The second-order valence-corrected chi connectivity index (χ2v) is 3.75. The number of rotatable bonds is 7. The van der Waals surface area contributed by atoms with Crippen LogP contribution in [0.2, 0.25) is 0 Å². The summed E-state index contributed by atoms with van der Waals surface area (Å²) >= 11 is 0. The number of nitro benzene ring substituents is 1. The smallest absolute Gasteiger partial charge is 0.311 e. The summed E-state index contributed by atoms with van der Waals surface area (Å²) in [5, 5.41) is 14.0. The third-order valence-electron chi connectivity index (χ3n) is 2.44. The number of nitrogens with one attached hydrogen (secondary N) is 1. The van der Waals surface area contributed by atoms with Crippen LogP contribution in [-0.4, -0.2) is 18.6 Å². The molecule has 0 saturated heterocycles. The summed E-state index contributed by atoms with van der Waals surface area (Å²) in [5.41, 5.74) is 0.837. The zero-order chi connectivity index (χ0) is 13.4. The van der Waals surface area contributed by atoms with Gasteiger partial charge < -0.3 is 10.1 Å². The molecule has 96 valence electrons. The number of hydrogen-bond acceptors (Lipinski definition) is 4. The molecule has 5 nitrogen and oxygen atoms in total. The highest BCUT2D eigenvalue weighted by Gasteiger charge is 2.14. The van der Waals surface area contributed by atoms with Crippen LogP contribution in [0.3, 0.4) is 0 Å². The van der Waals surface area contributed by atoms with Gasteiger partial charge in [0.2, 0.25) is 0 Å². The van der Waals surface area contributed by atoms with E-state index in [1.165, 1.54) is 13.2 Å². The number of hydrogen-bond donors (Lipinski definition) is 1. The standard InChI is InChI=1S/C13H16N2O3/c1-3-4-5-8-14-10-11-6-7-13(18-2)12(9-11)15(16)17/h1,6-7,9,14H,4-5,8,10H2,2H3. The van der Waals surface area contributed by atoms with Gasteiger partial charge in [-0.25, -0.2) is 0 Å². The van der Waals surface area contributed by atoms with Crippen LogP contribution in [0.1, 0.15) is 18.4 Å². The van der Waals surface area contributed by atoms with Gasteiger partial charge in [0, 0.05) is 19.0 Å². The van der Waals surface area contributed by atoms with Crippen molar-refractivity contribution in [2.45, 2.75) is 19.4 Å². The first kappa shape index (κ1) is 14.0. The molecule has 0 spiro atoms. The molecule has 0 unspecified atom stereocenters. The van der Waals surface area contributed by atoms with Gasteiger partial charge in [0.15, 0.2) is 5.75 Å². The summed E-state index contributed by atoms with van der Waals surface area (Å²) in [6.45, 7) is 1.37. The first-order valence-electron chi connectivity index (χ1n) is 5.64. The molecule has 1 aromatic carbocycles. The molecule has 0 aliphatic heterocycles. The van der Waals surface area contributed by atoms with Gasteiger partial charge in [-0.2, -0.15) is 0 Å². The minimum atomic E-state index is -0.444. The molecule has 0 aliphatic carbocycles. The van der Waals surface area contributed by atoms with E-state index in [2.05, 4.69) is 11.2 Å². The van der Waals surface area contributed by atoms with E-state index in [0.29, 0.717) is 6.54 Å². The molecule has 0 radical (unpaired) electrons. The third kappa shape index (κ3) is 4.07. The van der Waals surface area contributed by atoms with Gasteiger partial charge in [0.25, 0.3) is 0 Å². The molecule has 0 aliphatic rings. The van der Waals surface area contributed by atoms with Gasteiger partial charge in [-0.1, -0.05) is 6.07 Å². The molecule has 0 heterocycles. The normalized spacial score (nSPS) is 9.78. The number of unbranched alkanes of at least 4 members (excludes halogenated alkanes) is 1. The van der Waals surface area contributed by atoms with Crippen molar-refractivity contribution in [2.24, 2.45) is 0 Å². The summed E-state index contributed by atoms with van der Waals surface area (Å²) in [7, 11) is 1.42. The van der Waals surface area contributed by atoms with E-state index < -0.39 is 4.92 Å². The molecule has 1 rings (SSSR count). The van der Waals surface area contributed by atoms with Crippen LogP contribution in [0, 0.1) is 22.5 Å². The molecular weight excluding hydrogens is 232 g/mol. The van der Waals surface area contributed by atoms with Crippen LogP contribution in [0.15, 0.2) is 18.2 Å². The number of benzene rings is 1. The largest absolute Gasteiger partial charge is 0.490 e. The highest BCUT2D eigenvalue weighted by atomic mass is 16.6. The lowest BCUT2D eigenvalue weighted by Gasteiger charge is -2.06. The SMILES string of the molecule is C#CCCCNCc1ccc(OC)c([N+](=O)[O-])c1. The minimum Gasteiger partial charge on any atom is -0.490 e. The Labute approximate surface area is 106 Å². The lowest BCUT2D eigenvalue weighted by molar-refractivity contribution is -0.385. The minimum absolute atomic E-state index is 0.0135. The zero-order valence-corrected chi connectivity index (χ0v) is 10.3. The molecule has 18 heavy (non-hydrogen) atoms. The summed E-state index contributed by atoms with van der Waals surface area (Å²) in [6, 6.07) is 4.93. The topological polar surface area (TPSA) is 64.4 Å². The van der Waals surface area contributed by atoms with Crippen molar-refractivity contribution in [3.05, 3.63) is 33.9 Å². The van der Waals surface area contributed by atoms with Gasteiger partial charge >= 0.3 is 5.69 Å². The highest BCUT2D eigenvalue weighted by Crippen LogP contribution is 2.27. The maximum absolute atomic E-state index is 10.8. The lowest BCUT2D eigenvalue weighted by Crippen LogP contribution is -2.14. The Morgan fingerprint density at radius 1 is 1.56 bits per heavy atom. The van der Waals surface area contributed by atoms with Crippen LogP contribution in [0.25, 0.3) is 0 Å². The number of terminal acetylenes is 1. The fourth-order valence-corrected chi connectivity index (χ4v) is 1.54. The van der Waals surface area contributed by atoms with Gasteiger partial charge in [0.1, 0.15) is 0 Å². The van der Waals surface area contributed by atoms with Crippen molar-refractivity contribution >= 4 is 5.69 Å². The van der Waals surface area contributed by atoms with Crippen molar-refractivity contribution in [1.82, 2.24) is 5.32 Å². The van der Waals surface area contributed by atoms with Crippen LogP contribution in [0.4, 0.5) is 5.69 Å². The maximum Gasteiger partial charge on any atom is 0.311 e. The molecule has 0 amide bonds. The first-order chi connectivity index (χ1) is 8.69. The number of nitrogens with zero attached hydrogens (tertiary/aromatic N) is 1. The van der Waals surface area contributed by atoms with Crippen LogP contribution in [-0.2, 0) is 6.54 Å². The second kappa shape index (κ2) is 7.30. The van der Waals surface area contributed by atoms with E-state index >= 15 is 0 Å². The number of ether oxygens (including phenoxy) is 1. The Balaban J connectivity index is 2.60. The predicted octanol–water partition coefficient (Wildman–Crippen LogP) is 2.11. The van der Waals surface area contributed by atoms with Gasteiger partial charge in [-0.15, -0.1) is 12.3 Å². The quantitative estimate of drug-likeness (QED) is 0.347. The van der Waals surface area contributed by atoms with Crippen LogP contribution >= 0.6 is 0 Å². The molecule has 0 saturated carbocycles. The summed E-state index contributed by atoms with van der Waals surface area (Å²) < 4.78 is 4.93. The van der Waals surface area contributed by atoms with E-state index in [4.69, 9.17) is 11.2 Å². The van der Waals surface area contributed by atoms with Crippen molar-refractivity contribution in [2.75, 3.05) is 13.7 Å². The molecule has 1 N–H and O–H groups in total. The van der Waals surface area contributed by atoms with E-state index in [9.17, 15) is 10.1 Å². The predicted molar refractivity (Wildman–Crippen MR) is 69.4 cm³/mol. The van der Waals surface area contributed by atoms with Gasteiger partial charge in [-0.3, -0.25) is 10.1 Å². The molecule has 0 atom stereocenters. The number of nitro groups is 1. The second-order valence-electron chi connectivity index (χ2n) is 3.75. The summed E-state index contributed by atoms with van der Waals surface area (Å²) in [5.74, 6) is 2.83. The zero-order valence-electron chi connectivity index (χ0n) is 10.3. The Kier molecular flexibility index (Phi) is 5.68. The highest BCUT2D eigenvalue weighted by molar-refractivity contribution is 5.48. The third-order valence-corrected chi connectivity index (χ3v) is 2.44. The van der Waals surface area contributed by atoms with E-state index in [1.54, 1.807) is 12.1 Å². The maximum atomic E-state index is 10.8. The molecule has 0 fully saturated rings. The molecule has 1 aromatic rings. The van der Waals surface area contributed by atoms with E-state index in [0.717, 1.165) is 24.9 Å². The van der Waals surface area contributed by atoms with Crippen molar-refractivity contribution in [1.29, 1.82) is 0 Å². The van der Waals surface area contributed by atoms with Gasteiger partial charge in [-0.05, 0) is 24.6 Å². The van der Waals surface area contributed by atoms with Crippen molar-refractivity contribution in [3.8, 4) is 18.1 Å². The average molecular weight is 248 g/mol. The van der Waals surface area contributed by atoms with Crippen LogP contribution in [0.5, 0.6) is 5.75 Å². The van der Waals surface area contributed by atoms with E-state index in [1.807, 2.05) is 0 Å². The lowest BCUT2D eigenvalue weighted by atomic mass is 10.2. The molecule has 5 heteroatoms. The van der Waals surface area contributed by atoms with E-state index in [-0.39, 0.29) is 11.4 Å². The summed E-state index contributed by atoms with van der Waals surface area (Å²) in [4.78, 5) is 10.4. The van der Waals surface area contributed by atoms with Gasteiger partial charge in [0.05, 0.1) is 12.0 Å². The fourth-order valence-electron chi connectivity index (χ4n) is 1.54. The molecule has 0 aromatic heterocycles. The van der Waals surface area contributed by atoms with Crippen molar-refractivity contribution in [3.63, 3.8) is 0 Å². The monoisotopic (exact) mass is 248 g/mol. The molecule has 0 bridgehead atoms.